The van der Waals surface area contributed by atoms with Crippen LogP contribution in [0.4, 0.5) is 10.1 Å². The number of pyridine rings is 1. The number of nitrogens with zero attached hydrogens (tertiary/aromatic N) is 3. The van der Waals surface area contributed by atoms with Crippen LogP contribution in [0.2, 0.25) is 0 Å². The molecule has 2 aromatic heterocycles. The molecule has 5 rings (SSSR count). The molecule has 33 heavy (non-hydrogen) atoms. The molecular weight excluding hydrogens is 435 g/mol. The van der Waals surface area contributed by atoms with E-state index in [4.69, 9.17) is 17.0 Å². The fourth-order valence-electron chi connectivity index (χ4n) is 4.44. The van der Waals surface area contributed by atoms with Crippen LogP contribution in [0.1, 0.15) is 29.2 Å². The number of rotatable bonds is 5. The number of thiocarbonyl (C=S) groups is 1. The summed E-state index contributed by atoms with van der Waals surface area (Å²) in [5.74, 6) is 0.459. The molecule has 0 unspecified atom stereocenters. The van der Waals surface area contributed by atoms with Crippen molar-refractivity contribution in [3.8, 4) is 11.4 Å². The lowest BCUT2D eigenvalue weighted by Crippen LogP contribution is -2.31. The first kappa shape index (κ1) is 21.2. The summed E-state index contributed by atoms with van der Waals surface area (Å²) in [6, 6.07) is 24.0. The van der Waals surface area contributed by atoms with Gasteiger partial charge in [0.2, 0.25) is 0 Å². The zero-order chi connectivity index (χ0) is 22.9. The molecular formula is C26H23FN4OS. The molecule has 0 saturated carbocycles. The Morgan fingerprint density at radius 1 is 0.970 bits per heavy atom. The van der Waals surface area contributed by atoms with E-state index in [9.17, 15) is 4.39 Å². The molecule has 1 fully saturated rings. The normalized spacial score (nSPS) is 17.8. The third-order valence-electron chi connectivity index (χ3n) is 5.95. The van der Waals surface area contributed by atoms with Gasteiger partial charge in [-0.3, -0.25) is 4.98 Å². The van der Waals surface area contributed by atoms with E-state index in [1.807, 2.05) is 53.4 Å². The van der Waals surface area contributed by atoms with E-state index in [-0.39, 0.29) is 17.9 Å². The predicted molar refractivity (Wildman–Crippen MR) is 131 cm³/mol. The molecule has 0 spiro atoms. The monoisotopic (exact) mass is 458 g/mol. The third-order valence-corrected chi connectivity index (χ3v) is 6.26. The number of anilines is 1. The number of aromatic nitrogens is 2. The van der Waals surface area contributed by atoms with Crippen molar-refractivity contribution in [1.82, 2.24) is 14.9 Å². The van der Waals surface area contributed by atoms with Gasteiger partial charge < -0.3 is 19.5 Å². The molecule has 166 valence electrons. The molecule has 1 aliphatic rings. The maximum atomic E-state index is 15.0. The van der Waals surface area contributed by atoms with Crippen LogP contribution in [-0.4, -0.2) is 21.8 Å². The van der Waals surface area contributed by atoms with Crippen molar-refractivity contribution in [2.45, 2.75) is 19.0 Å². The first-order chi connectivity index (χ1) is 16.1. The Bertz CT molecular complexity index is 1290. The van der Waals surface area contributed by atoms with Crippen LogP contribution in [-0.2, 0) is 0 Å². The highest BCUT2D eigenvalue weighted by Crippen LogP contribution is 2.43. The average Bonchev–Trinajstić information content (AvgIpc) is 3.39. The number of aryl methyl sites for hydroxylation is 1. The topological polar surface area (TPSA) is 42.3 Å². The molecule has 2 aromatic carbocycles. The summed E-state index contributed by atoms with van der Waals surface area (Å²) in [5.41, 5.74) is 4.28. The molecule has 0 amide bonds. The fraction of sp³-hybridized carbons (Fsp3) is 0.154. The lowest BCUT2D eigenvalue weighted by Gasteiger charge is -2.29. The number of hydrogen-bond acceptors (Lipinski definition) is 3. The van der Waals surface area contributed by atoms with Crippen molar-refractivity contribution in [2.75, 3.05) is 12.0 Å². The van der Waals surface area contributed by atoms with Gasteiger partial charge in [-0.05, 0) is 79.8 Å². The van der Waals surface area contributed by atoms with E-state index in [1.165, 1.54) is 6.07 Å². The number of halogens is 1. The maximum absolute atomic E-state index is 15.0. The zero-order valence-electron chi connectivity index (χ0n) is 18.3. The highest BCUT2D eigenvalue weighted by molar-refractivity contribution is 7.80. The van der Waals surface area contributed by atoms with Crippen LogP contribution in [0.25, 0.3) is 5.69 Å². The van der Waals surface area contributed by atoms with Crippen LogP contribution in [0.3, 0.4) is 0 Å². The number of ether oxygens (including phenoxy) is 1. The van der Waals surface area contributed by atoms with Crippen LogP contribution < -0.4 is 15.0 Å². The summed E-state index contributed by atoms with van der Waals surface area (Å²) in [7, 11) is 1.65. The van der Waals surface area contributed by atoms with E-state index < -0.39 is 0 Å². The van der Waals surface area contributed by atoms with Gasteiger partial charge in [-0.25, -0.2) is 4.39 Å². The molecule has 2 atom stereocenters. The first-order valence-corrected chi connectivity index (χ1v) is 11.1. The molecule has 7 heteroatoms. The highest BCUT2D eigenvalue weighted by Gasteiger charge is 2.43. The Labute approximate surface area is 197 Å². The highest BCUT2D eigenvalue weighted by atomic mass is 32.1. The second-order valence-electron chi connectivity index (χ2n) is 7.88. The summed E-state index contributed by atoms with van der Waals surface area (Å²) in [6.45, 7) is 2.05. The summed E-state index contributed by atoms with van der Waals surface area (Å²) in [5, 5.41) is 3.85. The van der Waals surface area contributed by atoms with E-state index >= 15 is 0 Å². The van der Waals surface area contributed by atoms with Crippen molar-refractivity contribution >= 4 is 23.0 Å². The van der Waals surface area contributed by atoms with Gasteiger partial charge in [0.1, 0.15) is 17.6 Å². The van der Waals surface area contributed by atoms with Gasteiger partial charge >= 0.3 is 0 Å². The van der Waals surface area contributed by atoms with Crippen LogP contribution in [0, 0.1) is 12.7 Å². The Balaban J connectivity index is 1.70. The fourth-order valence-corrected chi connectivity index (χ4v) is 4.77. The van der Waals surface area contributed by atoms with Crippen molar-refractivity contribution in [3.05, 3.63) is 108 Å². The van der Waals surface area contributed by atoms with Gasteiger partial charge in [-0.2, -0.15) is 0 Å². The standard InChI is InChI=1S/C26H23FN4OS/c1-17-10-15-23(30(17)18-11-13-19(32-2)14-12-18)25-24(21-8-5-6-16-28-21)29-26(33)31(25)22-9-4-3-7-20(22)27/h3-16,24-25H,1-2H3,(H,29,33)/t24-,25-/m1/s1. The Kier molecular flexibility index (Phi) is 5.56. The van der Waals surface area contributed by atoms with Gasteiger partial charge in [0.05, 0.1) is 24.5 Å². The molecule has 4 aromatic rings. The summed E-state index contributed by atoms with van der Waals surface area (Å²) in [4.78, 5) is 6.44. The van der Waals surface area contributed by atoms with E-state index in [1.54, 1.807) is 25.4 Å². The molecule has 0 radical (unpaired) electrons. The average molecular weight is 459 g/mol. The molecule has 0 bridgehead atoms. The lowest BCUT2D eigenvalue weighted by molar-refractivity contribution is 0.414. The number of hydrogen-bond donors (Lipinski definition) is 1. The van der Waals surface area contributed by atoms with Gasteiger partial charge in [0, 0.05) is 23.3 Å². The van der Waals surface area contributed by atoms with Gasteiger partial charge in [-0.1, -0.05) is 18.2 Å². The SMILES string of the molecule is COc1ccc(-n2c(C)ccc2[C@@H]2[C@@H](c3ccccn3)NC(=S)N2c2ccccc2F)cc1. The number of methoxy groups -OCH3 is 1. The molecule has 1 aliphatic heterocycles. The zero-order valence-corrected chi connectivity index (χ0v) is 19.1. The number of para-hydroxylation sites is 1. The molecule has 3 heterocycles. The van der Waals surface area contributed by atoms with E-state index in [0.717, 1.165) is 28.5 Å². The first-order valence-electron chi connectivity index (χ1n) is 10.7. The molecule has 5 nitrogen and oxygen atoms in total. The minimum absolute atomic E-state index is 0.260. The third kappa shape index (κ3) is 3.74. The van der Waals surface area contributed by atoms with Crippen molar-refractivity contribution in [3.63, 3.8) is 0 Å². The second kappa shape index (κ2) is 8.67. The molecule has 1 saturated heterocycles. The lowest BCUT2D eigenvalue weighted by atomic mass is 10.0. The quantitative estimate of drug-likeness (QED) is 0.400. The van der Waals surface area contributed by atoms with Crippen molar-refractivity contribution in [1.29, 1.82) is 0 Å². The van der Waals surface area contributed by atoms with Crippen molar-refractivity contribution < 1.29 is 9.13 Å². The van der Waals surface area contributed by atoms with Crippen molar-refractivity contribution in [2.24, 2.45) is 0 Å². The summed E-state index contributed by atoms with van der Waals surface area (Å²) >= 11 is 5.73. The van der Waals surface area contributed by atoms with Gasteiger partial charge in [-0.15, -0.1) is 0 Å². The largest absolute Gasteiger partial charge is 0.497 e. The maximum Gasteiger partial charge on any atom is 0.174 e. The Morgan fingerprint density at radius 2 is 1.73 bits per heavy atom. The van der Waals surface area contributed by atoms with Gasteiger partial charge in [0.25, 0.3) is 0 Å². The smallest absolute Gasteiger partial charge is 0.174 e. The Hall–Kier alpha value is -3.71. The van der Waals surface area contributed by atoms with Gasteiger partial charge in [0.15, 0.2) is 5.11 Å². The Morgan fingerprint density at radius 3 is 2.42 bits per heavy atom. The van der Waals surface area contributed by atoms with Crippen LogP contribution in [0.15, 0.2) is 85.1 Å². The minimum atomic E-state index is -0.326. The summed E-state index contributed by atoms with van der Waals surface area (Å²) < 4.78 is 22.5. The number of benzene rings is 2. The van der Waals surface area contributed by atoms with Crippen LogP contribution >= 0.6 is 12.2 Å². The molecule has 1 N–H and O–H groups in total. The van der Waals surface area contributed by atoms with Crippen LogP contribution in [0.5, 0.6) is 5.75 Å². The predicted octanol–water partition coefficient (Wildman–Crippen LogP) is 5.51. The summed E-state index contributed by atoms with van der Waals surface area (Å²) in [6.07, 6.45) is 1.76. The second-order valence-corrected chi connectivity index (χ2v) is 8.27. The van der Waals surface area contributed by atoms with E-state index in [0.29, 0.717) is 10.8 Å². The molecule has 0 aliphatic carbocycles. The minimum Gasteiger partial charge on any atom is -0.497 e. The van der Waals surface area contributed by atoms with E-state index in [2.05, 4.69) is 33.9 Å². The number of nitrogens with one attached hydrogen (secondary N) is 1.